The van der Waals surface area contributed by atoms with Crippen LogP contribution in [0.25, 0.3) is 0 Å². The van der Waals surface area contributed by atoms with Crippen LogP contribution in [0.1, 0.15) is 28.8 Å². The van der Waals surface area contributed by atoms with Gasteiger partial charge in [-0.3, -0.25) is 9.59 Å². The number of rotatable bonds is 6. The predicted molar refractivity (Wildman–Crippen MR) is 102 cm³/mol. The maximum Gasteiger partial charge on any atom is 0.335 e. The van der Waals surface area contributed by atoms with E-state index in [0.717, 1.165) is 17.7 Å². The Morgan fingerprint density at radius 1 is 1.19 bits per heavy atom. The number of amides is 2. The summed E-state index contributed by atoms with van der Waals surface area (Å²) < 4.78 is 0. The number of nitrogens with two attached hydrogens (primary N) is 1. The standard InChI is InChI=1S/C20H21N3O4/c21-17(19(25)22-15-8-6-14(7-9-15)20(26)27)12-13-3-1-4-16(11-13)23-10-2-5-18(23)24/h1,3-4,6-9,11,17H,2,5,10,12,21H2,(H,22,25)(H,26,27)/t17-/m0/s1. The summed E-state index contributed by atoms with van der Waals surface area (Å²) in [7, 11) is 0. The molecule has 7 heteroatoms. The van der Waals surface area contributed by atoms with Crippen molar-refractivity contribution in [2.45, 2.75) is 25.3 Å². The van der Waals surface area contributed by atoms with E-state index in [1.54, 1.807) is 4.90 Å². The van der Waals surface area contributed by atoms with Crippen molar-refractivity contribution in [2.24, 2.45) is 5.73 Å². The second kappa shape index (κ2) is 8.01. The van der Waals surface area contributed by atoms with Crippen molar-refractivity contribution in [3.8, 4) is 0 Å². The van der Waals surface area contributed by atoms with Crippen LogP contribution in [0.5, 0.6) is 0 Å². The van der Waals surface area contributed by atoms with Gasteiger partial charge in [0, 0.05) is 24.3 Å². The lowest BCUT2D eigenvalue weighted by atomic mass is 10.0. The molecule has 0 spiro atoms. The summed E-state index contributed by atoms with van der Waals surface area (Å²) in [5, 5.41) is 11.6. The van der Waals surface area contributed by atoms with Gasteiger partial charge in [-0.1, -0.05) is 12.1 Å². The van der Waals surface area contributed by atoms with Crippen LogP contribution in [0.2, 0.25) is 0 Å². The highest BCUT2D eigenvalue weighted by Crippen LogP contribution is 2.22. The van der Waals surface area contributed by atoms with Crippen molar-refractivity contribution in [2.75, 3.05) is 16.8 Å². The highest BCUT2D eigenvalue weighted by molar-refractivity contribution is 5.96. The number of carboxylic acid groups (broad SMARTS) is 1. The van der Waals surface area contributed by atoms with Gasteiger partial charge in [0.25, 0.3) is 0 Å². The largest absolute Gasteiger partial charge is 0.478 e. The van der Waals surface area contributed by atoms with Crippen LogP contribution in [0, 0.1) is 0 Å². The quantitative estimate of drug-likeness (QED) is 0.723. The number of carbonyl (C=O) groups is 3. The third kappa shape index (κ3) is 4.51. The molecule has 1 aliphatic heterocycles. The highest BCUT2D eigenvalue weighted by Gasteiger charge is 2.22. The summed E-state index contributed by atoms with van der Waals surface area (Å²) in [5.74, 6) is -1.28. The Morgan fingerprint density at radius 2 is 1.93 bits per heavy atom. The molecule has 1 aliphatic rings. The highest BCUT2D eigenvalue weighted by atomic mass is 16.4. The zero-order valence-electron chi connectivity index (χ0n) is 14.7. The maximum atomic E-state index is 12.3. The number of anilines is 2. The van der Waals surface area contributed by atoms with Gasteiger partial charge in [0.1, 0.15) is 0 Å². The lowest BCUT2D eigenvalue weighted by molar-refractivity contribution is -0.118. The molecule has 0 radical (unpaired) electrons. The van der Waals surface area contributed by atoms with E-state index in [1.807, 2.05) is 24.3 Å². The van der Waals surface area contributed by atoms with Crippen molar-refractivity contribution in [1.82, 2.24) is 0 Å². The number of nitrogens with zero attached hydrogens (tertiary/aromatic N) is 1. The lowest BCUT2D eigenvalue weighted by Crippen LogP contribution is -2.37. The van der Waals surface area contributed by atoms with Gasteiger partial charge in [0.15, 0.2) is 0 Å². The number of benzene rings is 2. The SMILES string of the molecule is N[C@@H](Cc1cccc(N2CCCC2=O)c1)C(=O)Nc1ccc(C(=O)O)cc1. The van der Waals surface area contributed by atoms with Gasteiger partial charge in [-0.2, -0.15) is 0 Å². The van der Waals surface area contributed by atoms with Crippen LogP contribution in [0.4, 0.5) is 11.4 Å². The van der Waals surface area contributed by atoms with Crippen LogP contribution in [-0.4, -0.2) is 35.5 Å². The summed E-state index contributed by atoms with van der Waals surface area (Å²) in [6.45, 7) is 0.709. The molecule has 1 atom stereocenters. The molecule has 1 heterocycles. The summed E-state index contributed by atoms with van der Waals surface area (Å²) >= 11 is 0. The van der Waals surface area contributed by atoms with Gasteiger partial charge < -0.3 is 21.1 Å². The topological polar surface area (TPSA) is 113 Å². The number of carboxylic acids is 1. The van der Waals surface area contributed by atoms with Crippen LogP contribution < -0.4 is 16.0 Å². The van der Waals surface area contributed by atoms with Crippen molar-refractivity contribution >= 4 is 29.2 Å². The summed E-state index contributed by atoms with van der Waals surface area (Å²) in [4.78, 5) is 36.8. The van der Waals surface area contributed by atoms with E-state index in [0.29, 0.717) is 25.1 Å². The first-order valence-electron chi connectivity index (χ1n) is 8.73. The Hall–Kier alpha value is -3.19. The number of nitrogens with one attached hydrogen (secondary N) is 1. The second-order valence-electron chi connectivity index (χ2n) is 6.50. The summed E-state index contributed by atoms with van der Waals surface area (Å²) in [5.41, 5.74) is 8.34. The molecule has 2 aromatic carbocycles. The fraction of sp³-hybridized carbons (Fsp3) is 0.250. The molecule has 0 saturated carbocycles. The van der Waals surface area contributed by atoms with Gasteiger partial charge in [-0.15, -0.1) is 0 Å². The Morgan fingerprint density at radius 3 is 2.56 bits per heavy atom. The van der Waals surface area contributed by atoms with Crippen molar-refractivity contribution in [1.29, 1.82) is 0 Å². The van der Waals surface area contributed by atoms with E-state index in [-0.39, 0.29) is 17.4 Å². The molecule has 0 unspecified atom stereocenters. The molecule has 0 bridgehead atoms. The molecule has 1 saturated heterocycles. The van der Waals surface area contributed by atoms with E-state index >= 15 is 0 Å². The second-order valence-corrected chi connectivity index (χ2v) is 6.50. The van der Waals surface area contributed by atoms with Crippen LogP contribution in [0.15, 0.2) is 48.5 Å². The van der Waals surface area contributed by atoms with E-state index in [2.05, 4.69) is 5.32 Å². The lowest BCUT2D eigenvalue weighted by Gasteiger charge is -2.18. The van der Waals surface area contributed by atoms with Gasteiger partial charge in [-0.25, -0.2) is 4.79 Å². The van der Waals surface area contributed by atoms with Crippen LogP contribution in [-0.2, 0) is 16.0 Å². The number of hydrogen-bond acceptors (Lipinski definition) is 4. The number of carbonyl (C=O) groups excluding carboxylic acids is 2. The van der Waals surface area contributed by atoms with E-state index in [1.165, 1.54) is 24.3 Å². The van der Waals surface area contributed by atoms with Crippen molar-refractivity contribution in [3.63, 3.8) is 0 Å². The third-order valence-corrected chi connectivity index (χ3v) is 4.49. The Labute approximate surface area is 156 Å². The van der Waals surface area contributed by atoms with Crippen LogP contribution in [0.3, 0.4) is 0 Å². The Balaban J connectivity index is 1.62. The zero-order valence-corrected chi connectivity index (χ0v) is 14.7. The number of aromatic carboxylic acids is 1. The minimum atomic E-state index is -1.03. The average molecular weight is 367 g/mol. The van der Waals surface area contributed by atoms with Gasteiger partial charge in [-0.05, 0) is 54.8 Å². The van der Waals surface area contributed by atoms with E-state index in [4.69, 9.17) is 10.8 Å². The molecule has 4 N–H and O–H groups in total. The fourth-order valence-corrected chi connectivity index (χ4v) is 3.05. The molecule has 3 rings (SSSR count). The van der Waals surface area contributed by atoms with E-state index in [9.17, 15) is 14.4 Å². The minimum Gasteiger partial charge on any atom is -0.478 e. The van der Waals surface area contributed by atoms with Crippen molar-refractivity contribution < 1.29 is 19.5 Å². The fourth-order valence-electron chi connectivity index (χ4n) is 3.05. The minimum absolute atomic E-state index is 0.110. The first-order valence-corrected chi connectivity index (χ1v) is 8.73. The monoisotopic (exact) mass is 367 g/mol. The Kier molecular flexibility index (Phi) is 5.52. The summed E-state index contributed by atoms with van der Waals surface area (Å²) in [6, 6.07) is 12.6. The zero-order chi connectivity index (χ0) is 19.4. The number of hydrogen-bond donors (Lipinski definition) is 3. The van der Waals surface area contributed by atoms with E-state index < -0.39 is 12.0 Å². The normalized spacial score (nSPS) is 14.9. The molecular formula is C20H21N3O4. The molecular weight excluding hydrogens is 346 g/mol. The smallest absolute Gasteiger partial charge is 0.335 e. The maximum absolute atomic E-state index is 12.3. The van der Waals surface area contributed by atoms with Crippen LogP contribution >= 0.6 is 0 Å². The first-order chi connectivity index (χ1) is 12.9. The van der Waals surface area contributed by atoms with Gasteiger partial charge in [0.2, 0.25) is 11.8 Å². The molecule has 140 valence electrons. The molecule has 7 nitrogen and oxygen atoms in total. The molecule has 0 aromatic heterocycles. The molecule has 1 fully saturated rings. The first kappa shape index (κ1) is 18.6. The third-order valence-electron chi connectivity index (χ3n) is 4.49. The Bertz CT molecular complexity index is 864. The van der Waals surface area contributed by atoms with Gasteiger partial charge in [0.05, 0.1) is 11.6 Å². The molecule has 2 amide bonds. The molecule has 2 aromatic rings. The van der Waals surface area contributed by atoms with Gasteiger partial charge >= 0.3 is 5.97 Å². The average Bonchev–Trinajstić information content (AvgIpc) is 3.08. The predicted octanol–water partition coefficient (Wildman–Crippen LogP) is 2.02. The molecule has 27 heavy (non-hydrogen) atoms. The van der Waals surface area contributed by atoms with Crippen molar-refractivity contribution in [3.05, 3.63) is 59.7 Å². The molecule has 0 aliphatic carbocycles. The summed E-state index contributed by atoms with van der Waals surface area (Å²) in [6.07, 6.45) is 1.74.